The summed E-state index contributed by atoms with van der Waals surface area (Å²) in [5, 5.41) is 11.0. The number of aromatic nitrogens is 3. The summed E-state index contributed by atoms with van der Waals surface area (Å²) in [4.78, 5) is 12.7. The number of piperidine rings is 1. The highest BCUT2D eigenvalue weighted by Gasteiger charge is 2.35. The highest BCUT2D eigenvalue weighted by Crippen LogP contribution is 2.28. The fourth-order valence-corrected chi connectivity index (χ4v) is 5.08. The van der Waals surface area contributed by atoms with Crippen molar-refractivity contribution in [2.24, 2.45) is 5.92 Å². The molecule has 0 saturated carbocycles. The Morgan fingerprint density at radius 1 is 1.25 bits per heavy atom. The standard InChI is InChI=1S/C18H27N5O4S/c1-12-16(13(2)27-21-12)28(25,26)22-9-6-14(7-10-22)17(24)19-15-8-11-23(20-15)18(3,4)5/h8,11,14H,6-7,9-10H2,1-5H3,(H,19,20,24). The van der Waals surface area contributed by atoms with E-state index in [1.54, 1.807) is 24.6 Å². The predicted molar refractivity (Wildman–Crippen MR) is 103 cm³/mol. The van der Waals surface area contributed by atoms with Gasteiger partial charge in [-0.25, -0.2) is 8.42 Å². The molecular weight excluding hydrogens is 382 g/mol. The summed E-state index contributed by atoms with van der Waals surface area (Å²) in [5.41, 5.74) is 0.188. The number of nitrogens with one attached hydrogen (secondary N) is 1. The van der Waals surface area contributed by atoms with Crippen molar-refractivity contribution >= 4 is 21.7 Å². The van der Waals surface area contributed by atoms with Gasteiger partial charge < -0.3 is 9.84 Å². The summed E-state index contributed by atoms with van der Waals surface area (Å²) >= 11 is 0. The van der Waals surface area contributed by atoms with Gasteiger partial charge in [-0.2, -0.15) is 9.40 Å². The molecule has 0 aliphatic carbocycles. The van der Waals surface area contributed by atoms with E-state index in [9.17, 15) is 13.2 Å². The normalized spacial score (nSPS) is 17.0. The number of aryl methyl sites for hydroxylation is 2. The molecule has 1 saturated heterocycles. The van der Waals surface area contributed by atoms with Crippen molar-refractivity contribution < 1.29 is 17.7 Å². The van der Waals surface area contributed by atoms with Gasteiger partial charge in [0.2, 0.25) is 15.9 Å². The first kappa shape index (κ1) is 20.5. The number of anilines is 1. The second-order valence-corrected chi connectivity index (χ2v) is 10.0. The van der Waals surface area contributed by atoms with E-state index in [0.717, 1.165) is 0 Å². The van der Waals surface area contributed by atoms with Gasteiger partial charge in [0.1, 0.15) is 10.6 Å². The number of hydrogen-bond acceptors (Lipinski definition) is 6. The van der Waals surface area contributed by atoms with Gasteiger partial charge in [0.05, 0.1) is 5.54 Å². The monoisotopic (exact) mass is 409 g/mol. The Balaban J connectivity index is 1.62. The molecule has 1 N–H and O–H groups in total. The first-order valence-corrected chi connectivity index (χ1v) is 10.7. The average Bonchev–Trinajstić information content (AvgIpc) is 3.21. The second-order valence-electron chi connectivity index (χ2n) is 8.14. The molecule has 0 unspecified atom stereocenters. The molecule has 0 spiro atoms. The van der Waals surface area contributed by atoms with Gasteiger partial charge in [-0.3, -0.25) is 9.48 Å². The Morgan fingerprint density at radius 2 is 1.89 bits per heavy atom. The van der Waals surface area contributed by atoms with Crippen molar-refractivity contribution in [3.63, 3.8) is 0 Å². The third-order valence-corrected chi connectivity index (χ3v) is 7.06. The molecule has 2 aromatic heterocycles. The maximum absolute atomic E-state index is 12.9. The van der Waals surface area contributed by atoms with Gasteiger partial charge >= 0.3 is 0 Å². The van der Waals surface area contributed by atoms with Crippen LogP contribution in [-0.4, -0.2) is 46.7 Å². The summed E-state index contributed by atoms with van der Waals surface area (Å²) in [6.07, 6.45) is 2.73. The number of amides is 1. The van der Waals surface area contributed by atoms with E-state index >= 15 is 0 Å². The fraction of sp³-hybridized carbons (Fsp3) is 0.611. The molecule has 1 aliphatic heterocycles. The van der Waals surface area contributed by atoms with Crippen molar-refractivity contribution in [1.82, 2.24) is 19.2 Å². The van der Waals surface area contributed by atoms with Crippen LogP contribution in [0.15, 0.2) is 21.7 Å². The lowest BCUT2D eigenvalue weighted by molar-refractivity contribution is -0.120. The van der Waals surface area contributed by atoms with Crippen LogP contribution in [0, 0.1) is 19.8 Å². The molecule has 1 aliphatic rings. The second kappa shape index (κ2) is 7.32. The van der Waals surface area contributed by atoms with E-state index < -0.39 is 10.0 Å². The molecule has 9 nitrogen and oxygen atoms in total. The van der Waals surface area contributed by atoms with Crippen molar-refractivity contribution in [3.05, 3.63) is 23.7 Å². The SMILES string of the molecule is Cc1noc(C)c1S(=O)(=O)N1CCC(C(=O)Nc2ccn(C(C)(C)C)n2)CC1. The van der Waals surface area contributed by atoms with Crippen LogP contribution in [0.5, 0.6) is 0 Å². The molecule has 3 heterocycles. The number of carbonyl (C=O) groups is 1. The number of sulfonamides is 1. The number of nitrogens with zero attached hydrogens (tertiary/aromatic N) is 4. The lowest BCUT2D eigenvalue weighted by atomic mass is 9.97. The lowest BCUT2D eigenvalue weighted by Crippen LogP contribution is -2.41. The number of rotatable bonds is 4. The minimum absolute atomic E-state index is 0.128. The van der Waals surface area contributed by atoms with Crippen molar-refractivity contribution in [2.75, 3.05) is 18.4 Å². The Bertz CT molecular complexity index is 943. The van der Waals surface area contributed by atoms with Gasteiger partial charge in [0.15, 0.2) is 11.6 Å². The van der Waals surface area contributed by atoms with Crippen LogP contribution >= 0.6 is 0 Å². The fourth-order valence-electron chi connectivity index (χ4n) is 3.32. The molecule has 28 heavy (non-hydrogen) atoms. The molecule has 0 bridgehead atoms. The highest BCUT2D eigenvalue weighted by atomic mass is 32.2. The zero-order chi connectivity index (χ0) is 20.7. The molecule has 1 amide bonds. The third kappa shape index (κ3) is 3.97. The maximum atomic E-state index is 12.9. The van der Waals surface area contributed by atoms with E-state index in [-0.39, 0.29) is 41.1 Å². The lowest BCUT2D eigenvalue weighted by Gasteiger charge is -2.30. The zero-order valence-electron chi connectivity index (χ0n) is 16.9. The van der Waals surface area contributed by atoms with E-state index in [4.69, 9.17) is 4.52 Å². The van der Waals surface area contributed by atoms with E-state index in [1.165, 1.54) is 4.31 Å². The smallest absolute Gasteiger partial charge is 0.248 e. The first-order chi connectivity index (χ1) is 13.0. The molecule has 3 rings (SSSR count). The topological polar surface area (TPSA) is 110 Å². The van der Waals surface area contributed by atoms with Crippen LogP contribution in [0.1, 0.15) is 45.1 Å². The van der Waals surface area contributed by atoms with Gasteiger partial charge in [0.25, 0.3) is 0 Å². The number of carbonyl (C=O) groups excluding carboxylic acids is 1. The number of hydrogen-bond donors (Lipinski definition) is 1. The quantitative estimate of drug-likeness (QED) is 0.829. The molecule has 1 fully saturated rings. The minimum atomic E-state index is -3.67. The Kier molecular flexibility index (Phi) is 5.37. The maximum Gasteiger partial charge on any atom is 0.248 e. The van der Waals surface area contributed by atoms with Crippen LogP contribution in [0.2, 0.25) is 0 Å². The van der Waals surface area contributed by atoms with Crippen LogP contribution in [0.4, 0.5) is 5.82 Å². The van der Waals surface area contributed by atoms with Crippen molar-refractivity contribution in [3.8, 4) is 0 Å². The summed E-state index contributed by atoms with van der Waals surface area (Å²) in [5.74, 6) is 0.405. The average molecular weight is 410 g/mol. The molecule has 2 aromatic rings. The molecular formula is C18H27N5O4S. The van der Waals surface area contributed by atoms with Crippen molar-refractivity contribution in [2.45, 2.75) is 57.9 Å². The summed E-state index contributed by atoms with van der Waals surface area (Å²) in [7, 11) is -3.67. The highest BCUT2D eigenvalue weighted by molar-refractivity contribution is 7.89. The third-order valence-electron chi connectivity index (χ3n) is 4.92. The summed E-state index contributed by atoms with van der Waals surface area (Å²) < 4.78 is 33.9. The Hall–Kier alpha value is -2.20. The largest absolute Gasteiger partial charge is 0.360 e. The van der Waals surface area contributed by atoms with Crippen LogP contribution in [0.25, 0.3) is 0 Å². The predicted octanol–water partition coefficient (Wildman–Crippen LogP) is 2.28. The van der Waals surface area contributed by atoms with Gasteiger partial charge in [-0.1, -0.05) is 5.16 Å². The Labute approximate surface area is 165 Å². The van der Waals surface area contributed by atoms with Crippen molar-refractivity contribution in [1.29, 1.82) is 0 Å². The van der Waals surface area contributed by atoms with E-state index in [1.807, 2.05) is 27.0 Å². The minimum Gasteiger partial charge on any atom is -0.360 e. The molecule has 0 aromatic carbocycles. The van der Waals surface area contributed by atoms with Gasteiger partial charge in [-0.05, 0) is 47.5 Å². The molecule has 0 radical (unpaired) electrons. The van der Waals surface area contributed by atoms with Gasteiger partial charge in [0, 0.05) is 31.3 Å². The summed E-state index contributed by atoms with van der Waals surface area (Å²) in [6, 6.07) is 1.76. The van der Waals surface area contributed by atoms with Crippen LogP contribution < -0.4 is 5.32 Å². The molecule has 10 heteroatoms. The molecule has 0 atom stereocenters. The molecule has 154 valence electrons. The zero-order valence-corrected chi connectivity index (χ0v) is 17.7. The van der Waals surface area contributed by atoms with E-state index in [2.05, 4.69) is 15.6 Å². The van der Waals surface area contributed by atoms with E-state index in [0.29, 0.717) is 24.4 Å². The van der Waals surface area contributed by atoms with Crippen LogP contribution in [0.3, 0.4) is 0 Å². The van der Waals surface area contributed by atoms with Crippen LogP contribution in [-0.2, 0) is 20.4 Å². The summed E-state index contributed by atoms with van der Waals surface area (Å²) in [6.45, 7) is 9.84. The first-order valence-electron chi connectivity index (χ1n) is 9.30. The van der Waals surface area contributed by atoms with Gasteiger partial charge in [-0.15, -0.1) is 0 Å². The Morgan fingerprint density at radius 3 is 2.39 bits per heavy atom.